The van der Waals surface area contributed by atoms with Crippen LogP contribution in [0.3, 0.4) is 0 Å². The fourth-order valence-corrected chi connectivity index (χ4v) is 3.26. The minimum atomic E-state index is 0.502. The van der Waals surface area contributed by atoms with E-state index in [0.29, 0.717) is 12.1 Å². The van der Waals surface area contributed by atoms with Gasteiger partial charge in [-0.3, -0.25) is 0 Å². The van der Waals surface area contributed by atoms with Gasteiger partial charge in [0.25, 0.3) is 0 Å². The average molecular weight is 265 g/mol. The monoisotopic (exact) mass is 265 g/mol. The van der Waals surface area contributed by atoms with Gasteiger partial charge in [0, 0.05) is 30.3 Å². The van der Waals surface area contributed by atoms with Crippen LogP contribution in [0, 0.1) is 0 Å². The van der Waals surface area contributed by atoms with Crippen molar-refractivity contribution in [3.8, 4) is 0 Å². The smallest absolute Gasteiger partial charge is 0.0572 e. The van der Waals surface area contributed by atoms with E-state index in [4.69, 9.17) is 4.74 Å². The Morgan fingerprint density at radius 3 is 2.56 bits per heavy atom. The Kier molecular flexibility index (Phi) is 6.05. The predicted molar refractivity (Wildman–Crippen MR) is 78.2 cm³/mol. The van der Waals surface area contributed by atoms with Crippen molar-refractivity contribution in [2.75, 3.05) is 19.4 Å². The summed E-state index contributed by atoms with van der Waals surface area (Å²) >= 11 is 1.93. The quantitative estimate of drug-likeness (QED) is 0.630. The molecule has 2 nitrogen and oxygen atoms in total. The maximum absolute atomic E-state index is 5.39. The van der Waals surface area contributed by atoms with Gasteiger partial charge in [0.2, 0.25) is 0 Å². The van der Waals surface area contributed by atoms with E-state index in [1.54, 1.807) is 0 Å². The van der Waals surface area contributed by atoms with E-state index in [0.717, 1.165) is 12.3 Å². The molecule has 0 saturated heterocycles. The van der Waals surface area contributed by atoms with E-state index >= 15 is 0 Å². The first-order valence-electron chi connectivity index (χ1n) is 6.82. The summed E-state index contributed by atoms with van der Waals surface area (Å²) < 4.78 is 5.39. The lowest BCUT2D eigenvalue weighted by Gasteiger charge is -2.28. The lowest BCUT2D eigenvalue weighted by molar-refractivity contribution is 0.0628. The SMILES string of the molecule is COC1CCC(NCCSc2ccccc2)CC1. The number of hydrogen-bond acceptors (Lipinski definition) is 3. The second-order valence-electron chi connectivity index (χ2n) is 4.82. The second-order valence-corrected chi connectivity index (χ2v) is 5.99. The molecule has 1 aliphatic carbocycles. The molecule has 1 aromatic carbocycles. The first-order valence-corrected chi connectivity index (χ1v) is 7.81. The molecule has 2 rings (SSSR count). The summed E-state index contributed by atoms with van der Waals surface area (Å²) in [6.07, 6.45) is 5.44. The Bertz CT molecular complexity index is 323. The summed E-state index contributed by atoms with van der Waals surface area (Å²) in [6, 6.07) is 11.3. The number of nitrogens with one attached hydrogen (secondary N) is 1. The molecule has 0 amide bonds. The third-order valence-corrected chi connectivity index (χ3v) is 4.57. The van der Waals surface area contributed by atoms with Crippen LogP contribution in [0.1, 0.15) is 25.7 Å². The van der Waals surface area contributed by atoms with Crippen LogP contribution in [-0.4, -0.2) is 31.6 Å². The van der Waals surface area contributed by atoms with Crippen molar-refractivity contribution < 1.29 is 4.74 Å². The molecule has 3 heteroatoms. The molecule has 0 aliphatic heterocycles. The highest BCUT2D eigenvalue weighted by molar-refractivity contribution is 7.99. The van der Waals surface area contributed by atoms with E-state index in [1.165, 1.54) is 30.6 Å². The Morgan fingerprint density at radius 1 is 1.17 bits per heavy atom. The molecule has 0 heterocycles. The first-order chi connectivity index (χ1) is 8.88. The topological polar surface area (TPSA) is 21.3 Å². The highest BCUT2D eigenvalue weighted by atomic mass is 32.2. The van der Waals surface area contributed by atoms with Gasteiger partial charge in [-0.2, -0.15) is 0 Å². The second kappa shape index (κ2) is 7.82. The zero-order valence-electron chi connectivity index (χ0n) is 11.1. The normalized spacial score (nSPS) is 24.1. The fourth-order valence-electron chi connectivity index (χ4n) is 2.45. The van der Waals surface area contributed by atoms with Crippen LogP contribution in [0.4, 0.5) is 0 Å². The van der Waals surface area contributed by atoms with E-state index in [2.05, 4.69) is 35.6 Å². The van der Waals surface area contributed by atoms with Gasteiger partial charge >= 0.3 is 0 Å². The largest absolute Gasteiger partial charge is 0.381 e. The van der Waals surface area contributed by atoms with Gasteiger partial charge < -0.3 is 10.1 Å². The minimum absolute atomic E-state index is 0.502. The van der Waals surface area contributed by atoms with E-state index < -0.39 is 0 Å². The van der Waals surface area contributed by atoms with Gasteiger partial charge in [0.15, 0.2) is 0 Å². The molecule has 0 radical (unpaired) electrons. The molecule has 0 unspecified atom stereocenters. The number of rotatable bonds is 6. The number of methoxy groups -OCH3 is 1. The molecule has 0 aromatic heterocycles. The minimum Gasteiger partial charge on any atom is -0.381 e. The predicted octanol–water partition coefficient (Wildman–Crippen LogP) is 3.33. The number of thioether (sulfide) groups is 1. The summed E-state index contributed by atoms with van der Waals surface area (Å²) in [4.78, 5) is 1.36. The molecule has 1 aliphatic rings. The van der Waals surface area contributed by atoms with E-state index in [-0.39, 0.29) is 0 Å². The molecule has 1 N–H and O–H groups in total. The van der Waals surface area contributed by atoms with Crippen molar-refractivity contribution in [3.05, 3.63) is 30.3 Å². The Balaban J connectivity index is 1.56. The molecule has 0 atom stereocenters. The molecule has 0 spiro atoms. The van der Waals surface area contributed by atoms with Gasteiger partial charge in [0.05, 0.1) is 6.10 Å². The lowest BCUT2D eigenvalue weighted by atomic mass is 9.93. The summed E-state index contributed by atoms with van der Waals surface area (Å²) in [5, 5.41) is 3.66. The molecular formula is C15H23NOS. The van der Waals surface area contributed by atoms with Crippen LogP contribution in [0.2, 0.25) is 0 Å². The summed E-state index contributed by atoms with van der Waals surface area (Å²) in [5.74, 6) is 1.15. The zero-order chi connectivity index (χ0) is 12.6. The van der Waals surface area contributed by atoms with Crippen LogP contribution < -0.4 is 5.32 Å². The Hall–Kier alpha value is -0.510. The number of hydrogen-bond donors (Lipinski definition) is 1. The zero-order valence-corrected chi connectivity index (χ0v) is 11.9. The van der Waals surface area contributed by atoms with Crippen molar-refractivity contribution >= 4 is 11.8 Å². The number of benzene rings is 1. The summed E-state index contributed by atoms with van der Waals surface area (Å²) in [7, 11) is 1.83. The lowest BCUT2D eigenvalue weighted by Crippen LogP contribution is -2.36. The Labute approximate surface area is 114 Å². The highest BCUT2D eigenvalue weighted by Crippen LogP contribution is 2.21. The molecule has 100 valence electrons. The third-order valence-electron chi connectivity index (χ3n) is 3.55. The van der Waals surface area contributed by atoms with E-state index in [9.17, 15) is 0 Å². The number of ether oxygens (including phenoxy) is 1. The van der Waals surface area contributed by atoms with Crippen LogP contribution in [0.5, 0.6) is 0 Å². The molecule has 18 heavy (non-hydrogen) atoms. The maximum atomic E-state index is 5.39. The molecule has 1 aromatic rings. The van der Waals surface area contributed by atoms with Gasteiger partial charge in [-0.1, -0.05) is 18.2 Å². The van der Waals surface area contributed by atoms with Gasteiger partial charge in [0.1, 0.15) is 0 Å². The standard InChI is InChI=1S/C15H23NOS/c1-17-14-9-7-13(8-10-14)16-11-12-18-15-5-3-2-4-6-15/h2-6,13-14,16H,7-12H2,1H3. The van der Waals surface area contributed by atoms with Crippen molar-refractivity contribution in [3.63, 3.8) is 0 Å². The van der Waals surface area contributed by atoms with Gasteiger partial charge in [-0.25, -0.2) is 0 Å². The van der Waals surface area contributed by atoms with Crippen molar-refractivity contribution in [1.29, 1.82) is 0 Å². The van der Waals surface area contributed by atoms with Crippen molar-refractivity contribution in [2.24, 2.45) is 0 Å². The maximum Gasteiger partial charge on any atom is 0.0572 e. The van der Waals surface area contributed by atoms with Crippen LogP contribution in [0.25, 0.3) is 0 Å². The van der Waals surface area contributed by atoms with Gasteiger partial charge in [-0.05, 0) is 37.8 Å². The first kappa shape index (κ1) is 13.9. The summed E-state index contributed by atoms with van der Waals surface area (Å²) in [6.45, 7) is 1.10. The van der Waals surface area contributed by atoms with Crippen LogP contribution >= 0.6 is 11.8 Å². The Morgan fingerprint density at radius 2 is 1.89 bits per heavy atom. The molecule has 0 bridgehead atoms. The molecule has 1 saturated carbocycles. The van der Waals surface area contributed by atoms with E-state index in [1.807, 2.05) is 18.9 Å². The van der Waals surface area contributed by atoms with Crippen LogP contribution in [-0.2, 0) is 4.74 Å². The molecule has 1 fully saturated rings. The highest BCUT2D eigenvalue weighted by Gasteiger charge is 2.19. The third kappa shape index (κ3) is 4.63. The van der Waals surface area contributed by atoms with Crippen LogP contribution in [0.15, 0.2) is 35.2 Å². The summed E-state index contributed by atoms with van der Waals surface area (Å²) in [5.41, 5.74) is 0. The fraction of sp³-hybridized carbons (Fsp3) is 0.600. The van der Waals surface area contributed by atoms with Gasteiger partial charge in [-0.15, -0.1) is 11.8 Å². The van der Waals surface area contributed by atoms with Crippen molar-refractivity contribution in [2.45, 2.75) is 42.7 Å². The van der Waals surface area contributed by atoms with Crippen molar-refractivity contribution in [1.82, 2.24) is 5.32 Å². The average Bonchev–Trinajstić information content (AvgIpc) is 2.45. The molecular weight excluding hydrogens is 242 g/mol.